The molecule has 1 aliphatic heterocycles. The van der Waals surface area contributed by atoms with Crippen LogP contribution in [0.4, 0.5) is 10.2 Å². The van der Waals surface area contributed by atoms with Crippen LogP contribution < -0.4 is 5.32 Å². The lowest BCUT2D eigenvalue weighted by molar-refractivity contribution is -0.116. The lowest BCUT2D eigenvalue weighted by atomic mass is 9.84. The Morgan fingerprint density at radius 3 is 2.96 bits per heavy atom. The van der Waals surface area contributed by atoms with E-state index in [1.807, 2.05) is 13.0 Å². The summed E-state index contributed by atoms with van der Waals surface area (Å²) in [7, 11) is 1.79. The Hall–Kier alpha value is -2.96. The number of carbonyl (C=O) groups excluding carboxylic acids is 1. The Kier molecular flexibility index (Phi) is 3.23. The Morgan fingerprint density at radius 2 is 2.21 bits per heavy atom. The van der Waals surface area contributed by atoms with Crippen LogP contribution in [-0.2, 0) is 11.8 Å². The van der Waals surface area contributed by atoms with Crippen molar-refractivity contribution in [3.63, 3.8) is 0 Å². The van der Waals surface area contributed by atoms with E-state index in [4.69, 9.17) is 0 Å². The van der Waals surface area contributed by atoms with Crippen LogP contribution in [0.15, 0.2) is 36.7 Å². The summed E-state index contributed by atoms with van der Waals surface area (Å²) in [5.41, 5.74) is 3.24. The van der Waals surface area contributed by atoms with E-state index in [9.17, 15) is 9.18 Å². The molecule has 3 heterocycles. The first kappa shape index (κ1) is 14.6. The van der Waals surface area contributed by atoms with E-state index in [1.54, 1.807) is 34.9 Å². The van der Waals surface area contributed by atoms with Gasteiger partial charge in [0.1, 0.15) is 11.6 Å². The number of aromatic nitrogens is 4. The Labute approximate surface area is 137 Å². The molecule has 4 rings (SSSR count). The Bertz CT molecular complexity index is 929. The second kappa shape index (κ2) is 5.30. The SMILES string of the molecule is Cc1nn(C)c2c1[C@@H](c1cc(F)ccc1-n1cccn1)CC(=O)N2. The Morgan fingerprint density at radius 1 is 1.38 bits per heavy atom. The number of halogens is 1. The molecule has 1 aromatic carbocycles. The Balaban J connectivity index is 1.94. The molecule has 0 radical (unpaired) electrons. The van der Waals surface area contributed by atoms with Crippen LogP contribution in [0.5, 0.6) is 0 Å². The van der Waals surface area contributed by atoms with Gasteiger partial charge < -0.3 is 5.32 Å². The second-order valence-electron chi connectivity index (χ2n) is 5.93. The van der Waals surface area contributed by atoms with Gasteiger partial charge >= 0.3 is 0 Å². The summed E-state index contributed by atoms with van der Waals surface area (Å²) in [4.78, 5) is 12.2. The zero-order chi connectivity index (χ0) is 16.8. The molecule has 0 saturated heterocycles. The van der Waals surface area contributed by atoms with Crippen molar-refractivity contribution in [2.24, 2.45) is 7.05 Å². The van der Waals surface area contributed by atoms with Crippen LogP contribution in [0.1, 0.15) is 29.2 Å². The molecule has 0 bridgehead atoms. The van der Waals surface area contributed by atoms with Crippen molar-refractivity contribution >= 4 is 11.7 Å². The summed E-state index contributed by atoms with van der Waals surface area (Å²) in [5.74, 6) is -0.0389. The molecular formula is C17H16FN5O. The fourth-order valence-corrected chi connectivity index (χ4v) is 3.40. The van der Waals surface area contributed by atoms with Gasteiger partial charge in [0.15, 0.2) is 0 Å². The fraction of sp³-hybridized carbons (Fsp3) is 0.235. The smallest absolute Gasteiger partial charge is 0.226 e. The molecule has 6 nitrogen and oxygen atoms in total. The topological polar surface area (TPSA) is 64.7 Å². The molecular weight excluding hydrogens is 309 g/mol. The molecule has 24 heavy (non-hydrogen) atoms. The lowest BCUT2D eigenvalue weighted by Gasteiger charge is -2.25. The highest BCUT2D eigenvalue weighted by atomic mass is 19.1. The number of anilines is 1. The van der Waals surface area contributed by atoms with E-state index >= 15 is 0 Å². The van der Waals surface area contributed by atoms with Crippen LogP contribution in [0.3, 0.4) is 0 Å². The summed E-state index contributed by atoms with van der Waals surface area (Å²) in [6.45, 7) is 1.90. The summed E-state index contributed by atoms with van der Waals surface area (Å²) >= 11 is 0. The van der Waals surface area contributed by atoms with Gasteiger partial charge in [0.25, 0.3) is 0 Å². The molecule has 1 aliphatic rings. The fourth-order valence-electron chi connectivity index (χ4n) is 3.40. The molecule has 1 amide bonds. The molecule has 0 fully saturated rings. The number of rotatable bonds is 2. The van der Waals surface area contributed by atoms with Crippen molar-refractivity contribution in [2.45, 2.75) is 19.3 Å². The molecule has 2 aromatic heterocycles. The van der Waals surface area contributed by atoms with E-state index in [1.165, 1.54) is 12.1 Å². The zero-order valence-electron chi connectivity index (χ0n) is 13.3. The minimum absolute atomic E-state index is 0.105. The van der Waals surface area contributed by atoms with Crippen LogP contribution in [0.25, 0.3) is 5.69 Å². The van der Waals surface area contributed by atoms with Gasteiger partial charge in [-0.25, -0.2) is 9.07 Å². The third-order valence-corrected chi connectivity index (χ3v) is 4.38. The van der Waals surface area contributed by atoms with Crippen molar-refractivity contribution < 1.29 is 9.18 Å². The standard InChI is InChI=1S/C17H16FN5O/c1-10-16-13(9-15(24)20-17(16)22(2)21-10)12-8-11(18)4-5-14(12)23-7-3-6-19-23/h3-8,13H,9H2,1-2H3,(H,20,24)/t13-/m1/s1. The zero-order valence-corrected chi connectivity index (χ0v) is 13.3. The van der Waals surface area contributed by atoms with Crippen molar-refractivity contribution in [3.8, 4) is 5.69 Å². The molecule has 0 saturated carbocycles. The van der Waals surface area contributed by atoms with E-state index in [0.29, 0.717) is 5.82 Å². The monoisotopic (exact) mass is 325 g/mol. The third kappa shape index (κ3) is 2.20. The first-order valence-corrected chi connectivity index (χ1v) is 7.67. The van der Waals surface area contributed by atoms with Gasteiger partial charge in [-0.3, -0.25) is 9.48 Å². The highest BCUT2D eigenvalue weighted by Gasteiger charge is 2.33. The van der Waals surface area contributed by atoms with E-state index < -0.39 is 0 Å². The molecule has 0 unspecified atom stereocenters. The second-order valence-corrected chi connectivity index (χ2v) is 5.93. The van der Waals surface area contributed by atoms with Crippen molar-refractivity contribution in [1.82, 2.24) is 19.6 Å². The lowest BCUT2D eigenvalue weighted by Crippen LogP contribution is -2.25. The van der Waals surface area contributed by atoms with Gasteiger partial charge in [0.2, 0.25) is 5.91 Å². The van der Waals surface area contributed by atoms with Gasteiger partial charge in [-0.1, -0.05) is 0 Å². The predicted octanol–water partition coefficient (Wildman–Crippen LogP) is 2.53. The first-order valence-electron chi connectivity index (χ1n) is 7.67. The molecule has 1 atom stereocenters. The number of carbonyl (C=O) groups is 1. The van der Waals surface area contributed by atoms with Crippen molar-refractivity contribution in [3.05, 3.63) is 59.3 Å². The number of aryl methyl sites for hydroxylation is 2. The van der Waals surface area contributed by atoms with Gasteiger partial charge in [0, 0.05) is 37.3 Å². The number of nitrogens with zero attached hydrogens (tertiary/aromatic N) is 4. The van der Waals surface area contributed by atoms with Crippen molar-refractivity contribution in [2.75, 3.05) is 5.32 Å². The van der Waals surface area contributed by atoms with Gasteiger partial charge in [-0.15, -0.1) is 0 Å². The number of fused-ring (bicyclic) bond motifs is 1. The number of hydrogen-bond acceptors (Lipinski definition) is 3. The van der Waals surface area contributed by atoms with E-state index in [0.717, 1.165) is 22.5 Å². The van der Waals surface area contributed by atoms with Gasteiger partial charge in [-0.2, -0.15) is 10.2 Å². The third-order valence-electron chi connectivity index (χ3n) is 4.38. The highest BCUT2D eigenvalue weighted by Crippen LogP contribution is 2.41. The average molecular weight is 325 g/mol. The minimum Gasteiger partial charge on any atom is -0.311 e. The number of hydrogen-bond donors (Lipinski definition) is 1. The minimum atomic E-state index is -0.338. The molecule has 7 heteroatoms. The molecule has 122 valence electrons. The van der Waals surface area contributed by atoms with Crippen LogP contribution in [-0.4, -0.2) is 25.5 Å². The largest absolute Gasteiger partial charge is 0.311 e. The van der Waals surface area contributed by atoms with Gasteiger partial charge in [-0.05, 0) is 36.8 Å². The van der Waals surface area contributed by atoms with E-state index in [2.05, 4.69) is 15.5 Å². The highest BCUT2D eigenvalue weighted by molar-refractivity contribution is 5.94. The number of nitrogens with one attached hydrogen (secondary N) is 1. The normalized spacial score (nSPS) is 16.8. The predicted molar refractivity (Wildman–Crippen MR) is 86.6 cm³/mol. The quantitative estimate of drug-likeness (QED) is 0.787. The summed E-state index contributed by atoms with van der Waals surface area (Å²) in [6.07, 6.45) is 3.72. The summed E-state index contributed by atoms with van der Waals surface area (Å²) in [6, 6.07) is 6.38. The molecule has 1 N–H and O–H groups in total. The maximum Gasteiger partial charge on any atom is 0.226 e. The van der Waals surface area contributed by atoms with Crippen molar-refractivity contribution in [1.29, 1.82) is 0 Å². The average Bonchev–Trinajstić information content (AvgIpc) is 3.16. The summed E-state index contributed by atoms with van der Waals surface area (Å²) in [5, 5.41) is 11.5. The summed E-state index contributed by atoms with van der Waals surface area (Å²) < 4.78 is 17.3. The van der Waals surface area contributed by atoms with Gasteiger partial charge in [0.05, 0.1) is 11.4 Å². The van der Waals surface area contributed by atoms with Crippen LogP contribution in [0, 0.1) is 12.7 Å². The number of benzene rings is 1. The van der Waals surface area contributed by atoms with E-state index in [-0.39, 0.29) is 24.1 Å². The number of amides is 1. The molecule has 3 aromatic rings. The molecule has 0 aliphatic carbocycles. The maximum absolute atomic E-state index is 14.0. The maximum atomic E-state index is 14.0. The van der Waals surface area contributed by atoms with Crippen LogP contribution >= 0.6 is 0 Å². The van der Waals surface area contributed by atoms with Crippen LogP contribution in [0.2, 0.25) is 0 Å². The molecule has 0 spiro atoms. The first-order chi connectivity index (χ1) is 11.5.